The number of likely N-dealkylation sites (tertiary alicyclic amines) is 1. The van der Waals surface area contributed by atoms with E-state index in [0.29, 0.717) is 11.3 Å². The lowest BCUT2D eigenvalue weighted by atomic mass is 10.1. The minimum Gasteiger partial charge on any atom is -0.479 e. The normalized spacial score (nSPS) is 24.0. The number of aromatic nitrogens is 1. The second-order valence-corrected chi connectivity index (χ2v) is 4.69. The molecule has 0 spiro atoms. The highest BCUT2D eigenvalue weighted by Gasteiger charge is 2.47. The van der Waals surface area contributed by atoms with Crippen LogP contribution in [0.25, 0.3) is 0 Å². The molecule has 1 fully saturated rings. The Morgan fingerprint density at radius 3 is 2.82 bits per heavy atom. The van der Waals surface area contributed by atoms with Crippen molar-refractivity contribution in [1.82, 2.24) is 9.27 Å². The van der Waals surface area contributed by atoms with Crippen molar-refractivity contribution < 1.29 is 19.1 Å². The molecule has 7 heteroatoms. The molecule has 2 heterocycles. The molecule has 1 aliphatic rings. The maximum absolute atomic E-state index is 13.8. The maximum atomic E-state index is 13.8. The Morgan fingerprint density at radius 1 is 1.65 bits per heavy atom. The summed E-state index contributed by atoms with van der Waals surface area (Å²) in [5, 5.41) is 10.3. The van der Waals surface area contributed by atoms with Gasteiger partial charge in [0.05, 0.1) is 17.8 Å². The largest absolute Gasteiger partial charge is 0.479 e. The SMILES string of the molecule is Cc1nscc1C(=O)N1CCC(F)(C(=O)O)C1. The molecule has 5 nitrogen and oxygen atoms in total. The summed E-state index contributed by atoms with van der Waals surface area (Å²) >= 11 is 1.15. The van der Waals surface area contributed by atoms with E-state index in [2.05, 4.69) is 4.37 Å². The van der Waals surface area contributed by atoms with Gasteiger partial charge in [-0.1, -0.05) is 0 Å². The van der Waals surface area contributed by atoms with Gasteiger partial charge in [0.15, 0.2) is 0 Å². The highest BCUT2D eigenvalue weighted by Crippen LogP contribution is 2.27. The predicted octanol–water partition coefficient (Wildman–Crippen LogP) is 1.09. The number of hydrogen-bond acceptors (Lipinski definition) is 4. The molecule has 1 aromatic heterocycles. The molecule has 0 bridgehead atoms. The van der Waals surface area contributed by atoms with Gasteiger partial charge in [0.25, 0.3) is 5.91 Å². The Kier molecular flexibility index (Phi) is 2.86. The summed E-state index contributed by atoms with van der Waals surface area (Å²) in [6.45, 7) is 1.42. The van der Waals surface area contributed by atoms with Gasteiger partial charge in [0, 0.05) is 18.3 Å². The molecule has 1 saturated heterocycles. The summed E-state index contributed by atoms with van der Waals surface area (Å²) in [7, 11) is 0. The number of rotatable bonds is 2. The van der Waals surface area contributed by atoms with Crippen molar-refractivity contribution in [2.45, 2.75) is 19.0 Å². The average molecular weight is 258 g/mol. The number of amides is 1. The number of carbonyl (C=O) groups is 2. The average Bonchev–Trinajstić information content (AvgIpc) is 2.85. The minimum absolute atomic E-state index is 0.122. The third-order valence-electron chi connectivity index (χ3n) is 2.87. The van der Waals surface area contributed by atoms with Crippen molar-refractivity contribution in [2.75, 3.05) is 13.1 Å². The molecule has 2 rings (SSSR count). The van der Waals surface area contributed by atoms with Gasteiger partial charge < -0.3 is 10.0 Å². The Balaban J connectivity index is 2.15. The van der Waals surface area contributed by atoms with E-state index in [-0.39, 0.29) is 18.9 Å². The second-order valence-electron chi connectivity index (χ2n) is 4.06. The topological polar surface area (TPSA) is 70.5 Å². The number of halogens is 1. The van der Waals surface area contributed by atoms with Crippen LogP contribution in [0.4, 0.5) is 4.39 Å². The molecule has 1 aromatic rings. The first-order chi connectivity index (χ1) is 7.94. The van der Waals surface area contributed by atoms with E-state index in [1.807, 2.05) is 0 Å². The highest BCUT2D eigenvalue weighted by molar-refractivity contribution is 7.03. The van der Waals surface area contributed by atoms with Crippen LogP contribution in [0.3, 0.4) is 0 Å². The fraction of sp³-hybridized carbons (Fsp3) is 0.500. The number of carboxylic acid groups (broad SMARTS) is 1. The van der Waals surface area contributed by atoms with Gasteiger partial charge in [-0.15, -0.1) is 0 Å². The minimum atomic E-state index is -2.31. The molecule has 0 aliphatic carbocycles. The summed E-state index contributed by atoms with van der Waals surface area (Å²) in [5.74, 6) is -1.86. The number of aliphatic carboxylic acids is 1. The quantitative estimate of drug-likeness (QED) is 0.862. The lowest BCUT2D eigenvalue weighted by Gasteiger charge is -2.17. The van der Waals surface area contributed by atoms with E-state index >= 15 is 0 Å². The van der Waals surface area contributed by atoms with Crippen molar-refractivity contribution >= 4 is 23.4 Å². The Hall–Kier alpha value is -1.50. The Bertz CT molecular complexity index is 476. The van der Waals surface area contributed by atoms with Crippen molar-refractivity contribution in [2.24, 2.45) is 0 Å². The van der Waals surface area contributed by atoms with E-state index in [0.717, 1.165) is 11.5 Å². The first kappa shape index (κ1) is 12.0. The van der Waals surface area contributed by atoms with Gasteiger partial charge in [-0.3, -0.25) is 4.79 Å². The monoisotopic (exact) mass is 258 g/mol. The predicted molar refractivity (Wildman–Crippen MR) is 58.8 cm³/mol. The van der Waals surface area contributed by atoms with Crippen LogP contribution in [-0.4, -0.2) is 45.0 Å². The summed E-state index contributed by atoms with van der Waals surface area (Å²) in [6.07, 6.45) is -0.162. The summed E-state index contributed by atoms with van der Waals surface area (Å²) < 4.78 is 17.7. The molecule has 92 valence electrons. The van der Waals surface area contributed by atoms with Crippen molar-refractivity contribution in [3.63, 3.8) is 0 Å². The smallest absolute Gasteiger partial charge is 0.343 e. The van der Waals surface area contributed by atoms with Crippen molar-refractivity contribution in [3.05, 3.63) is 16.6 Å². The number of aryl methyl sites for hydroxylation is 1. The molecule has 1 aliphatic heterocycles. The molecule has 0 aromatic carbocycles. The molecule has 17 heavy (non-hydrogen) atoms. The highest BCUT2D eigenvalue weighted by atomic mass is 32.1. The van der Waals surface area contributed by atoms with Crippen LogP contribution in [-0.2, 0) is 4.79 Å². The Labute approximate surface area is 101 Å². The Morgan fingerprint density at radius 2 is 2.35 bits per heavy atom. The van der Waals surface area contributed by atoms with Crippen LogP contribution >= 0.6 is 11.5 Å². The fourth-order valence-electron chi connectivity index (χ4n) is 1.79. The number of hydrogen-bond donors (Lipinski definition) is 1. The third kappa shape index (κ3) is 2.02. The van der Waals surface area contributed by atoms with Crippen LogP contribution in [0.1, 0.15) is 22.5 Å². The van der Waals surface area contributed by atoms with E-state index in [1.54, 1.807) is 12.3 Å². The van der Waals surface area contributed by atoms with Crippen LogP contribution in [0.15, 0.2) is 5.38 Å². The first-order valence-electron chi connectivity index (χ1n) is 5.06. The zero-order chi connectivity index (χ0) is 12.6. The number of alkyl halides is 1. The molecular weight excluding hydrogens is 247 g/mol. The van der Waals surface area contributed by atoms with Gasteiger partial charge >= 0.3 is 5.97 Å². The second kappa shape index (κ2) is 4.06. The zero-order valence-electron chi connectivity index (χ0n) is 9.14. The molecular formula is C10H11FN2O3S. The first-order valence-corrected chi connectivity index (χ1v) is 5.90. The lowest BCUT2D eigenvalue weighted by molar-refractivity contribution is -0.149. The third-order valence-corrected chi connectivity index (χ3v) is 3.59. The van der Waals surface area contributed by atoms with Crippen molar-refractivity contribution in [3.8, 4) is 0 Å². The van der Waals surface area contributed by atoms with Crippen LogP contribution < -0.4 is 0 Å². The fourth-order valence-corrected chi connectivity index (χ4v) is 2.47. The van der Waals surface area contributed by atoms with E-state index < -0.39 is 18.2 Å². The summed E-state index contributed by atoms with van der Waals surface area (Å²) in [4.78, 5) is 23.9. The van der Waals surface area contributed by atoms with Crippen LogP contribution in [0.5, 0.6) is 0 Å². The number of nitrogens with zero attached hydrogens (tertiary/aromatic N) is 2. The molecule has 1 atom stereocenters. The summed E-state index contributed by atoms with van der Waals surface area (Å²) in [6, 6.07) is 0. The molecule has 1 unspecified atom stereocenters. The van der Waals surface area contributed by atoms with Gasteiger partial charge in [0.2, 0.25) is 5.67 Å². The van der Waals surface area contributed by atoms with E-state index in [1.165, 1.54) is 4.90 Å². The van der Waals surface area contributed by atoms with Gasteiger partial charge in [-0.2, -0.15) is 4.37 Å². The maximum Gasteiger partial charge on any atom is 0.343 e. The van der Waals surface area contributed by atoms with E-state index in [4.69, 9.17) is 5.11 Å². The van der Waals surface area contributed by atoms with Crippen molar-refractivity contribution in [1.29, 1.82) is 0 Å². The van der Waals surface area contributed by atoms with Crippen LogP contribution in [0.2, 0.25) is 0 Å². The van der Waals surface area contributed by atoms with Gasteiger partial charge in [-0.25, -0.2) is 9.18 Å². The lowest BCUT2D eigenvalue weighted by Crippen LogP contribution is -2.39. The molecule has 0 saturated carbocycles. The zero-order valence-corrected chi connectivity index (χ0v) is 9.96. The van der Waals surface area contributed by atoms with Crippen LogP contribution in [0, 0.1) is 6.92 Å². The number of carboxylic acids is 1. The molecule has 1 N–H and O–H groups in total. The molecule has 1 amide bonds. The van der Waals surface area contributed by atoms with Gasteiger partial charge in [-0.05, 0) is 18.5 Å². The van der Waals surface area contributed by atoms with E-state index in [9.17, 15) is 14.0 Å². The molecule has 0 radical (unpaired) electrons. The standard InChI is InChI=1S/C10H11FN2O3S/c1-6-7(4-17-12-6)8(14)13-3-2-10(11,5-13)9(15)16/h4H,2-3,5H2,1H3,(H,15,16). The van der Waals surface area contributed by atoms with Gasteiger partial charge in [0.1, 0.15) is 0 Å². The summed E-state index contributed by atoms with van der Waals surface area (Å²) in [5.41, 5.74) is -1.30. The number of carbonyl (C=O) groups excluding carboxylic acids is 1.